The van der Waals surface area contributed by atoms with Crippen molar-refractivity contribution in [3.63, 3.8) is 0 Å². The molecule has 1 aromatic carbocycles. The van der Waals surface area contributed by atoms with E-state index in [4.69, 9.17) is 0 Å². The normalized spacial score (nSPS) is 11.2. The molecule has 28 heavy (non-hydrogen) atoms. The Kier molecular flexibility index (Phi) is 6.12. The zero-order valence-corrected chi connectivity index (χ0v) is 15.9. The van der Waals surface area contributed by atoms with Crippen LogP contribution in [0.4, 0.5) is 21.7 Å². The average Bonchev–Trinajstić information content (AvgIpc) is 2.69. The van der Waals surface area contributed by atoms with Crippen LogP contribution in [0.5, 0.6) is 0 Å². The molecule has 3 N–H and O–H groups in total. The van der Waals surface area contributed by atoms with Gasteiger partial charge in [-0.25, -0.2) is 17.5 Å². The summed E-state index contributed by atoms with van der Waals surface area (Å²) in [6.45, 7) is 2.01. The number of benzene rings is 1. The minimum absolute atomic E-state index is 0.0705. The summed E-state index contributed by atoms with van der Waals surface area (Å²) < 4.78 is 40.3. The molecular formula is C18H19FN6O2S. The van der Waals surface area contributed by atoms with Crippen LogP contribution in [0.3, 0.4) is 0 Å². The molecule has 0 saturated carbocycles. The lowest BCUT2D eigenvalue weighted by molar-refractivity contribution is 0.578. The Morgan fingerprint density at radius 3 is 2.39 bits per heavy atom. The van der Waals surface area contributed by atoms with Gasteiger partial charge in [-0.3, -0.25) is 4.98 Å². The summed E-state index contributed by atoms with van der Waals surface area (Å²) in [7, 11) is -3.79. The molecule has 10 heteroatoms. The molecule has 3 aromatic rings. The highest BCUT2D eigenvalue weighted by atomic mass is 32.2. The van der Waals surface area contributed by atoms with Crippen LogP contribution in [0.1, 0.15) is 5.56 Å². The smallest absolute Gasteiger partial charge is 0.240 e. The summed E-state index contributed by atoms with van der Waals surface area (Å²) in [6, 6.07) is 10.7. The second-order valence-electron chi connectivity index (χ2n) is 5.90. The van der Waals surface area contributed by atoms with Crippen molar-refractivity contribution in [2.75, 3.05) is 23.7 Å². The van der Waals surface area contributed by atoms with E-state index in [1.54, 1.807) is 43.6 Å². The highest BCUT2D eigenvalue weighted by Crippen LogP contribution is 2.16. The number of rotatable bonds is 8. The van der Waals surface area contributed by atoms with Crippen molar-refractivity contribution >= 4 is 27.3 Å². The molecule has 2 aromatic heterocycles. The minimum atomic E-state index is -3.79. The van der Waals surface area contributed by atoms with Gasteiger partial charge in [-0.05, 0) is 48.9 Å². The first kappa shape index (κ1) is 19.6. The van der Waals surface area contributed by atoms with Crippen molar-refractivity contribution in [2.24, 2.45) is 0 Å². The number of aromatic nitrogens is 3. The number of hydrogen-bond donors (Lipinski definition) is 3. The SMILES string of the molecule is Cc1ccc(F)cc1S(=O)(=O)NCCNc1ccc(Nc2ccncc2)nn1. The van der Waals surface area contributed by atoms with Crippen LogP contribution in [0.2, 0.25) is 0 Å². The number of sulfonamides is 1. The molecule has 0 unspecified atom stereocenters. The van der Waals surface area contributed by atoms with E-state index in [0.717, 1.165) is 11.8 Å². The molecule has 0 bridgehead atoms. The number of nitrogens with one attached hydrogen (secondary N) is 3. The monoisotopic (exact) mass is 402 g/mol. The zero-order chi connectivity index (χ0) is 20.0. The van der Waals surface area contributed by atoms with Crippen molar-refractivity contribution < 1.29 is 12.8 Å². The van der Waals surface area contributed by atoms with Gasteiger partial charge in [0.15, 0.2) is 5.82 Å². The van der Waals surface area contributed by atoms with Crippen LogP contribution < -0.4 is 15.4 Å². The lowest BCUT2D eigenvalue weighted by Gasteiger charge is -2.10. The van der Waals surface area contributed by atoms with E-state index in [1.807, 2.05) is 0 Å². The predicted octanol–water partition coefficient (Wildman–Crippen LogP) is 2.45. The first-order chi connectivity index (χ1) is 13.4. The molecule has 0 aliphatic rings. The van der Waals surface area contributed by atoms with Crippen molar-refractivity contribution in [2.45, 2.75) is 11.8 Å². The molecule has 0 atom stereocenters. The quantitative estimate of drug-likeness (QED) is 0.497. The van der Waals surface area contributed by atoms with E-state index in [2.05, 4.69) is 30.5 Å². The van der Waals surface area contributed by atoms with Crippen LogP contribution >= 0.6 is 0 Å². The summed E-state index contributed by atoms with van der Waals surface area (Å²) in [6.07, 6.45) is 3.33. The van der Waals surface area contributed by atoms with E-state index < -0.39 is 15.8 Å². The average molecular weight is 402 g/mol. The molecule has 0 aliphatic carbocycles. The van der Waals surface area contributed by atoms with E-state index in [-0.39, 0.29) is 11.4 Å². The predicted molar refractivity (Wildman–Crippen MR) is 104 cm³/mol. The van der Waals surface area contributed by atoms with E-state index in [0.29, 0.717) is 23.7 Å². The highest BCUT2D eigenvalue weighted by Gasteiger charge is 2.16. The fraction of sp³-hybridized carbons (Fsp3) is 0.167. The molecule has 0 saturated heterocycles. The van der Waals surface area contributed by atoms with Gasteiger partial charge in [-0.15, -0.1) is 10.2 Å². The maximum absolute atomic E-state index is 13.3. The third-order valence-electron chi connectivity index (χ3n) is 3.78. The fourth-order valence-corrected chi connectivity index (χ4v) is 3.68. The third kappa shape index (κ3) is 5.21. The van der Waals surface area contributed by atoms with Crippen LogP contribution in [-0.4, -0.2) is 36.7 Å². The van der Waals surface area contributed by atoms with Gasteiger partial charge in [0.25, 0.3) is 0 Å². The fourth-order valence-electron chi connectivity index (χ4n) is 2.39. The lowest BCUT2D eigenvalue weighted by atomic mass is 10.2. The lowest BCUT2D eigenvalue weighted by Crippen LogP contribution is -2.29. The first-order valence-electron chi connectivity index (χ1n) is 8.44. The maximum atomic E-state index is 13.3. The summed E-state index contributed by atoms with van der Waals surface area (Å²) in [5, 5.41) is 14.1. The van der Waals surface area contributed by atoms with Crippen molar-refractivity contribution in [3.05, 3.63) is 66.2 Å². The second-order valence-corrected chi connectivity index (χ2v) is 7.63. The summed E-state index contributed by atoms with van der Waals surface area (Å²) in [5.74, 6) is 0.472. The number of aryl methyl sites for hydroxylation is 1. The van der Waals surface area contributed by atoms with Gasteiger partial charge in [0, 0.05) is 31.2 Å². The molecule has 0 radical (unpaired) electrons. The van der Waals surface area contributed by atoms with Crippen molar-refractivity contribution in [1.82, 2.24) is 19.9 Å². The van der Waals surface area contributed by atoms with E-state index >= 15 is 0 Å². The topological polar surface area (TPSA) is 109 Å². The Morgan fingerprint density at radius 2 is 1.68 bits per heavy atom. The Morgan fingerprint density at radius 1 is 0.964 bits per heavy atom. The van der Waals surface area contributed by atoms with Gasteiger partial charge >= 0.3 is 0 Å². The summed E-state index contributed by atoms with van der Waals surface area (Å²) >= 11 is 0. The number of pyridine rings is 1. The number of anilines is 3. The second kappa shape index (κ2) is 8.72. The maximum Gasteiger partial charge on any atom is 0.240 e. The molecule has 146 valence electrons. The molecule has 0 amide bonds. The zero-order valence-electron chi connectivity index (χ0n) is 15.1. The Labute approximate surface area is 162 Å². The van der Waals surface area contributed by atoms with Gasteiger partial charge < -0.3 is 10.6 Å². The number of nitrogens with zero attached hydrogens (tertiary/aromatic N) is 3. The largest absolute Gasteiger partial charge is 0.367 e. The molecule has 2 heterocycles. The molecule has 3 rings (SSSR count). The third-order valence-corrected chi connectivity index (χ3v) is 5.38. The summed E-state index contributed by atoms with van der Waals surface area (Å²) in [5.41, 5.74) is 1.32. The molecular weight excluding hydrogens is 383 g/mol. The summed E-state index contributed by atoms with van der Waals surface area (Å²) in [4.78, 5) is 3.86. The van der Waals surface area contributed by atoms with Crippen molar-refractivity contribution in [1.29, 1.82) is 0 Å². The van der Waals surface area contributed by atoms with Crippen molar-refractivity contribution in [3.8, 4) is 0 Å². The highest BCUT2D eigenvalue weighted by molar-refractivity contribution is 7.89. The van der Waals surface area contributed by atoms with Gasteiger partial charge in [0.1, 0.15) is 11.6 Å². The number of halogens is 1. The van der Waals surface area contributed by atoms with Crippen LogP contribution in [0.15, 0.2) is 59.8 Å². The minimum Gasteiger partial charge on any atom is -0.367 e. The first-order valence-corrected chi connectivity index (χ1v) is 9.93. The van der Waals surface area contributed by atoms with E-state index in [1.165, 1.54) is 12.1 Å². The Bertz CT molecular complexity index is 1030. The number of hydrogen-bond acceptors (Lipinski definition) is 7. The standard InChI is InChI=1S/C18H19FN6O2S/c1-13-2-3-14(19)12-16(13)28(26,27)22-11-10-21-17-4-5-18(25-24-17)23-15-6-8-20-9-7-15/h2-9,12,22H,10-11H2,1H3,(H,21,24)(H,20,23,25). The van der Waals surface area contributed by atoms with Crippen LogP contribution in [-0.2, 0) is 10.0 Å². The Balaban J connectivity index is 1.50. The van der Waals surface area contributed by atoms with Gasteiger partial charge in [-0.1, -0.05) is 6.07 Å². The Hall–Kier alpha value is -3.11. The van der Waals surface area contributed by atoms with Gasteiger partial charge in [0.2, 0.25) is 10.0 Å². The molecule has 8 nitrogen and oxygen atoms in total. The van der Waals surface area contributed by atoms with Crippen LogP contribution in [0.25, 0.3) is 0 Å². The molecule has 0 spiro atoms. The van der Waals surface area contributed by atoms with Gasteiger partial charge in [-0.2, -0.15) is 0 Å². The van der Waals surface area contributed by atoms with E-state index in [9.17, 15) is 12.8 Å². The van der Waals surface area contributed by atoms with Crippen LogP contribution in [0, 0.1) is 12.7 Å². The van der Waals surface area contributed by atoms with Gasteiger partial charge in [0.05, 0.1) is 4.90 Å². The molecule has 0 fully saturated rings. The molecule has 0 aliphatic heterocycles.